The maximum absolute atomic E-state index is 11.3. The Balaban J connectivity index is 2.44. The van der Waals surface area contributed by atoms with E-state index in [9.17, 15) is 4.57 Å². The van der Waals surface area contributed by atoms with Gasteiger partial charge in [-0.05, 0) is 17.7 Å². The Morgan fingerprint density at radius 2 is 1.72 bits per heavy atom. The van der Waals surface area contributed by atoms with Crippen molar-refractivity contribution >= 4 is 19.9 Å². The van der Waals surface area contributed by atoms with Gasteiger partial charge in [0.2, 0.25) is 0 Å². The van der Waals surface area contributed by atoms with Crippen molar-refractivity contribution in [3.63, 3.8) is 0 Å². The van der Waals surface area contributed by atoms with E-state index in [1.165, 1.54) is 0 Å². The quantitative estimate of drug-likeness (QED) is 0.595. The first-order valence-electron chi connectivity index (χ1n) is 5.58. The van der Waals surface area contributed by atoms with Crippen LogP contribution in [0.25, 0.3) is 11.4 Å². The van der Waals surface area contributed by atoms with E-state index in [0.717, 1.165) is 22.2 Å². The average Bonchev–Trinajstić information content (AvgIpc) is 2.46. The molecule has 18 heavy (non-hydrogen) atoms. The number of ether oxygens (including phenoxy) is 1. The van der Waals surface area contributed by atoms with Crippen molar-refractivity contribution in [1.82, 2.24) is 0 Å². The molecule has 0 aliphatic heterocycles. The summed E-state index contributed by atoms with van der Waals surface area (Å²) in [5.74, 6) is 0.773. The maximum atomic E-state index is 11.3. The molecule has 0 saturated carbocycles. The van der Waals surface area contributed by atoms with Gasteiger partial charge in [0.15, 0.2) is 8.46 Å². The summed E-state index contributed by atoms with van der Waals surface area (Å²) >= 11 is 0. The Labute approximate surface area is 108 Å². The van der Waals surface area contributed by atoms with Crippen LogP contribution in [0.5, 0.6) is 5.75 Å². The van der Waals surface area contributed by atoms with Crippen molar-refractivity contribution in [1.29, 1.82) is 0 Å². The molecule has 0 saturated heterocycles. The van der Waals surface area contributed by atoms with Crippen molar-refractivity contribution in [2.24, 2.45) is 0 Å². The SMILES string of the molecule is COc1ccccc1C=C(P=O)c1ccccc1. The summed E-state index contributed by atoms with van der Waals surface area (Å²) in [6.07, 6.45) is 1.88. The first-order valence-corrected chi connectivity index (χ1v) is 6.40. The van der Waals surface area contributed by atoms with Gasteiger partial charge in [0.25, 0.3) is 0 Å². The summed E-state index contributed by atoms with van der Waals surface area (Å²) < 4.78 is 16.6. The molecule has 0 aliphatic rings. The van der Waals surface area contributed by atoms with Crippen LogP contribution in [0.2, 0.25) is 0 Å². The number of methoxy groups -OCH3 is 1. The molecule has 3 heteroatoms. The molecule has 2 nitrogen and oxygen atoms in total. The first-order chi connectivity index (χ1) is 8.85. The van der Waals surface area contributed by atoms with Gasteiger partial charge in [-0.15, -0.1) is 0 Å². The third-order valence-corrected chi connectivity index (χ3v) is 3.18. The Morgan fingerprint density at radius 1 is 1.06 bits per heavy atom. The normalized spacial score (nSPS) is 11.5. The largest absolute Gasteiger partial charge is 0.496 e. The van der Waals surface area contributed by atoms with E-state index in [-0.39, 0.29) is 8.46 Å². The van der Waals surface area contributed by atoms with Crippen LogP contribution in [-0.4, -0.2) is 7.11 Å². The van der Waals surface area contributed by atoms with E-state index in [1.54, 1.807) is 7.11 Å². The molecular weight excluding hydrogens is 243 g/mol. The van der Waals surface area contributed by atoms with Crippen LogP contribution in [-0.2, 0) is 4.57 Å². The zero-order valence-electron chi connectivity index (χ0n) is 10.0. The average molecular weight is 256 g/mol. The third kappa shape index (κ3) is 2.85. The van der Waals surface area contributed by atoms with E-state index in [1.807, 2.05) is 60.7 Å². The summed E-state index contributed by atoms with van der Waals surface area (Å²) in [4.78, 5) is 0. The van der Waals surface area contributed by atoms with Crippen LogP contribution >= 0.6 is 8.46 Å². The summed E-state index contributed by atoms with van der Waals surface area (Å²) in [7, 11) is 1.63. The smallest absolute Gasteiger partial charge is 0.192 e. The molecule has 0 bridgehead atoms. The third-order valence-electron chi connectivity index (χ3n) is 2.60. The van der Waals surface area contributed by atoms with Crippen molar-refractivity contribution in [3.05, 3.63) is 65.7 Å². The molecule has 0 radical (unpaired) electrons. The molecular formula is C15H13O2P. The maximum Gasteiger partial charge on any atom is 0.192 e. The van der Waals surface area contributed by atoms with E-state index >= 15 is 0 Å². The molecule has 0 aliphatic carbocycles. The van der Waals surface area contributed by atoms with Crippen molar-refractivity contribution < 1.29 is 9.30 Å². The Morgan fingerprint density at radius 3 is 2.39 bits per heavy atom. The molecule has 0 aromatic heterocycles. The second kappa shape index (κ2) is 6.13. The number of hydrogen-bond donors (Lipinski definition) is 0. The van der Waals surface area contributed by atoms with Crippen molar-refractivity contribution in [2.75, 3.05) is 7.11 Å². The molecule has 0 fully saturated rings. The number of hydrogen-bond acceptors (Lipinski definition) is 2. The fourth-order valence-electron chi connectivity index (χ4n) is 1.70. The standard InChI is InChI=1S/C15H13O2P/c1-17-14-10-6-5-9-13(14)11-15(18-16)12-7-3-2-4-8-12/h2-11H,1H3. The van der Waals surface area contributed by atoms with Crippen LogP contribution < -0.4 is 4.74 Å². The van der Waals surface area contributed by atoms with Gasteiger partial charge < -0.3 is 4.74 Å². The predicted molar refractivity (Wildman–Crippen MR) is 74.9 cm³/mol. The van der Waals surface area contributed by atoms with Gasteiger partial charge in [-0.25, -0.2) is 0 Å². The van der Waals surface area contributed by atoms with Gasteiger partial charge in [-0.2, -0.15) is 0 Å². The lowest BCUT2D eigenvalue weighted by Crippen LogP contribution is -1.86. The van der Waals surface area contributed by atoms with E-state index in [2.05, 4.69) is 0 Å². The number of para-hydroxylation sites is 1. The molecule has 2 aromatic carbocycles. The summed E-state index contributed by atoms with van der Waals surface area (Å²) in [5, 5.41) is 0.736. The van der Waals surface area contributed by atoms with E-state index < -0.39 is 0 Å². The van der Waals surface area contributed by atoms with Gasteiger partial charge in [0.1, 0.15) is 5.75 Å². The second-order valence-corrected chi connectivity index (χ2v) is 4.39. The molecule has 90 valence electrons. The lowest BCUT2D eigenvalue weighted by Gasteiger charge is -2.05. The summed E-state index contributed by atoms with van der Waals surface area (Å²) in [5.41, 5.74) is 1.86. The first kappa shape index (κ1) is 12.5. The minimum Gasteiger partial charge on any atom is -0.496 e. The molecule has 2 aromatic rings. The van der Waals surface area contributed by atoms with Crippen LogP contribution in [0.1, 0.15) is 11.1 Å². The lowest BCUT2D eigenvalue weighted by molar-refractivity contribution is 0.414. The zero-order valence-corrected chi connectivity index (χ0v) is 10.9. The number of rotatable bonds is 4. The van der Waals surface area contributed by atoms with Crippen LogP contribution in [0.15, 0.2) is 54.6 Å². The van der Waals surface area contributed by atoms with Crippen molar-refractivity contribution in [3.8, 4) is 5.75 Å². The van der Waals surface area contributed by atoms with Gasteiger partial charge in [0, 0.05) is 5.56 Å². The molecule has 0 spiro atoms. The van der Waals surface area contributed by atoms with E-state index in [0.29, 0.717) is 0 Å². The highest BCUT2D eigenvalue weighted by molar-refractivity contribution is 7.38. The molecule has 0 heterocycles. The molecule has 0 N–H and O–H groups in total. The van der Waals surface area contributed by atoms with Gasteiger partial charge >= 0.3 is 0 Å². The van der Waals surface area contributed by atoms with Gasteiger partial charge in [-0.1, -0.05) is 48.5 Å². The molecule has 2 rings (SSSR count). The highest BCUT2D eigenvalue weighted by Gasteiger charge is 2.04. The summed E-state index contributed by atoms with van der Waals surface area (Å²) in [6, 6.07) is 17.3. The van der Waals surface area contributed by atoms with Gasteiger partial charge in [0.05, 0.1) is 12.4 Å². The topological polar surface area (TPSA) is 26.3 Å². The van der Waals surface area contributed by atoms with Gasteiger partial charge in [-0.3, -0.25) is 4.57 Å². The molecule has 0 unspecified atom stereocenters. The second-order valence-electron chi connectivity index (χ2n) is 3.73. The summed E-state index contributed by atoms with van der Waals surface area (Å²) in [6.45, 7) is 0. The Bertz CT molecular complexity index is 562. The van der Waals surface area contributed by atoms with Crippen LogP contribution in [0.4, 0.5) is 0 Å². The minimum absolute atomic E-state index is 0.00110. The fraction of sp³-hybridized carbons (Fsp3) is 0.0667. The van der Waals surface area contributed by atoms with Crippen molar-refractivity contribution in [2.45, 2.75) is 0 Å². The minimum atomic E-state index is -0.00110. The van der Waals surface area contributed by atoms with Crippen LogP contribution in [0.3, 0.4) is 0 Å². The molecule has 0 atom stereocenters. The molecule has 0 amide bonds. The van der Waals surface area contributed by atoms with Crippen LogP contribution in [0, 0.1) is 0 Å². The fourth-order valence-corrected chi connectivity index (χ4v) is 2.15. The Kier molecular flexibility index (Phi) is 4.27. The zero-order chi connectivity index (χ0) is 12.8. The lowest BCUT2D eigenvalue weighted by atomic mass is 10.1. The highest BCUT2D eigenvalue weighted by atomic mass is 31.1. The predicted octanol–water partition coefficient (Wildman–Crippen LogP) is 4.49. The number of benzene rings is 2. The monoisotopic (exact) mass is 256 g/mol. The van der Waals surface area contributed by atoms with E-state index in [4.69, 9.17) is 4.74 Å². The Hall–Kier alpha value is -1.92. The highest BCUT2D eigenvalue weighted by Crippen LogP contribution is 2.30.